The van der Waals surface area contributed by atoms with E-state index >= 15 is 0 Å². The number of fused-ring (bicyclic) bond motifs is 5. The van der Waals surface area contributed by atoms with E-state index in [4.69, 9.17) is 0 Å². The molecular formula is C18H28O2. The first kappa shape index (κ1) is 13.3. The Bertz CT molecular complexity index is 445. The summed E-state index contributed by atoms with van der Waals surface area (Å²) < 4.78 is 0. The quantitative estimate of drug-likeness (QED) is 0.734. The summed E-state index contributed by atoms with van der Waals surface area (Å²) in [7, 11) is 0. The Hall–Kier alpha value is -0.370. The van der Waals surface area contributed by atoms with Crippen molar-refractivity contribution in [2.24, 2.45) is 34.5 Å². The van der Waals surface area contributed by atoms with Gasteiger partial charge in [-0.15, -0.1) is 0 Å². The molecule has 0 spiro atoms. The molecule has 1 unspecified atom stereocenters. The number of hydrogen-bond donors (Lipinski definition) is 1. The van der Waals surface area contributed by atoms with Crippen LogP contribution in [0.3, 0.4) is 0 Å². The van der Waals surface area contributed by atoms with Crippen LogP contribution < -0.4 is 0 Å². The molecule has 7 atom stereocenters. The fourth-order valence-electron chi connectivity index (χ4n) is 6.89. The van der Waals surface area contributed by atoms with Crippen molar-refractivity contribution in [3.8, 4) is 0 Å². The minimum absolute atomic E-state index is 0.0795. The van der Waals surface area contributed by atoms with Gasteiger partial charge in [0.05, 0.1) is 6.10 Å². The van der Waals surface area contributed by atoms with E-state index in [9.17, 15) is 9.90 Å². The molecule has 0 heterocycles. The number of aliphatic hydroxyl groups excluding tert-OH is 1. The number of aliphatic hydroxyl groups is 1. The van der Waals surface area contributed by atoms with Gasteiger partial charge in [0.25, 0.3) is 0 Å². The lowest BCUT2D eigenvalue weighted by Gasteiger charge is -2.56. The molecular weight excluding hydrogens is 248 g/mol. The highest BCUT2D eigenvalue weighted by Crippen LogP contribution is 2.66. The maximum atomic E-state index is 12.0. The van der Waals surface area contributed by atoms with Gasteiger partial charge in [0, 0.05) is 12.8 Å². The van der Waals surface area contributed by atoms with Crippen LogP contribution in [0.15, 0.2) is 0 Å². The van der Waals surface area contributed by atoms with Crippen molar-refractivity contribution >= 4 is 5.78 Å². The number of ketones is 1. The SMILES string of the molecule is C[C@]12CC(=O)C[C@@H]1CC[C@@H]1[C@@H]2CC[C@]2(C)C(O)CC[C@@H]12. The molecule has 20 heavy (non-hydrogen) atoms. The number of rotatable bonds is 0. The molecule has 0 aliphatic heterocycles. The molecule has 0 amide bonds. The maximum Gasteiger partial charge on any atom is 0.133 e. The highest BCUT2D eigenvalue weighted by molar-refractivity contribution is 5.82. The van der Waals surface area contributed by atoms with Crippen LogP contribution in [0.4, 0.5) is 0 Å². The first-order valence-electron chi connectivity index (χ1n) is 8.65. The molecule has 4 aliphatic rings. The molecule has 4 saturated carbocycles. The Morgan fingerprint density at radius 1 is 1.00 bits per heavy atom. The average Bonchev–Trinajstić information content (AvgIpc) is 2.86. The minimum Gasteiger partial charge on any atom is -0.393 e. The summed E-state index contributed by atoms with van der Waals surface area (Å²) in [4.78, 5) is 12.0. The van der Waals surface area contributed by atoms with Gasteiger partial charge < -0.3 is 5.11 Å². The summed E-state index contributed by atoms with van der Waals surface area (Å²) in [5, 5.41) is 10.4. The number of Topliss-reactive ketones (excluding diaryl/α,β-unsaturated/α-hetero) is 1. The fourth-order valence-corrected chi connectivity index (χ4v) is 6.89. The number of carbonyl (C=O) groups is 1. The van der Waals surface area contributed by atoms with Gasteiger partial charge in [-0.3, -0.25) is 4.79 Å². The van der Waals surface area contributed by atoms with Crippen LogP contribution in [0.25, 0.3) is 0 Å². The third-order valence-corrected chi connectivity index (χ3v) is 8.07. The van der Waals surface area contributed by atoms with Gasteiger partial charge in [0.1, 0.15) is 5.78 Å². The van der Waals surface area contributed by atoms with Crippen LogP contribution in [0.5, 0.6) is 0 Å². The van der Waals surface area contributed by atoms with Crippen LogP contribution in [0.1, 0.15) is 65.2 Å². The average molecular weight is 276 g/mol. The Balaban J connectivity index is 1.67. The summed E-state index contributed by atoms with van der Waals surface area (Å²) in [6.45, 7) is 4.74. The minimum atomic E-state index is -0.0795. The molecule has 112 valence electrons. The van der Waals surface area contributed by atoms with Crippen LogP contribution in [0, 0.1) is 34.5 Å². The van der Waals surface area contributed by atoms with E-state index in [1.807, 2.05) is 0 Å². The normalized spacial score (nSPS) is 58.1. The van der Waals surface area contributed by atoms with Crippen molar-refractivity contribution in [1.29, 1.82) is 0 Å². The van der Waals surface area contributed by atoms with Crippen molar-refractivity contribution in [3.05, 3.63) is 0 Å². The molecule has 4 aliphatic carbocycles. The van der Waals surface area contributed by atoms with Crippen LogP contribution >= 0.6 is 0 Å². The Kier molecular flexibility index (Phi) is 2.72. The zero-order chi connectivity index (χ0) is 14.1. The van der Waals surface area contributed by atoms with E-state index in [0.717, 1.165) is 31.1 Å². The van der Waals surface area contributed by atoms with Gasteiger partial charge in [0.2, 0.25) is 0 Å². The molecule has 1 N–H and O–H groups in total. The lowest BCUT2D eigenvalue weighted by molar-refractivity contribution is -0.119. The predicted octanol–water partition coefficient (Wildman–Crippen LogP) is 3.57. The molecule has 0 bridgehead atoms. The molecule has 0 aromatic rings. The fraction of sp³-hybridized carbons (Fsp3) is 0.944. The Morgan fingerprint density at radius 2 is 1.75 bits per heavy atom. The first-order valence-corrected chi connectivity index (χ1v) is 8.65. The second kappa shape index (κ2) is 4.09. The second-order valence-corrected chi connectivity index (χ2v) is 8.71. The monoisotopic (exact) mass is 276 g/mol. The van der Waals surface area contributed by atoms with Crippen LogP contribution in [0.2, 0.25) is 0 Å². The van der Waals surface area contributed by atoms with Crippen molar-refractivity contribution in [2.45, 2.75) is 71.3 Å². The van der Waals surface area contributed by atoms with E-state index in [1.54, 1.807) is 0 Å². The number of carbonyl (C=O) groups excluding carboxylic acids is 1. The molecule has 4 rings (SSSR count). The molecule has 0 radical (unpaired) electrons. The van der Waals surface area contributed by atoms with Crippen molar-refractivity contribution in [2.75, 3.05) is 0 Å². The van der Waals surface area contributed by atoms with Crippen molar-refractivity contribution < 1.29 is 9.90 Å². The summed E-state index contributed by atoms with van der Waals surface area (Å²) in [6, 6.07) is 0. The largest absolute Gasteiger partial charge is 0.393 e. The molecule has 0 aromatic heterocycles. The van der Waals surface area contributed by atoms with Crippen molar-refractivity contribution in [3.63, 3.8) is 0 Å². The first-order chi connectivity index (χ1) is 9.45. The molecule has 2 nitrogen and oxygen atoms in total. The van der Waals surface area contributed by atoms with E-state index in [-0.39, 0.29) is 16.9 Å². The second-order valence-electron chi connectivity index (χ2n) is 8.71. The molecule has 0 saturated heterocycles. The van der Waals surface area contributed by atoms with E-state index < -0.39 is 0 Å². The third kappa shape index (κ3) is 1.52. The summed E-state index contributed by atoms with van der Waals surface area (Å²) in [5.41, 5.74) is 0.460. The van der Waals surface area contributed by atoms with Gasteiger partial charge >= 0.3 is 0 Å². The standard InChI is InChI=1S/C18H28O2/c1-17-8-7-15-13(14(17)5-6-16(17)20)4-3-11-9-12(19)10-18(11,15)2/h11,13-16,20H,3-10H2,1-2H3/t11-,13-,14-,15-,16?,17-,18-/m0/s1. The number of hydrogen-bond acceptors (Lipinski definition) is 2. The summed E-state index contributed by atoms with van der Waals surface area (Å²) >= 11 is 0. The Labute approximate surface area is 122 Å². The van der Waals surface area contributed by atoms with Gasteiger partial charge in [0.15, 0.2) is 0 Å². The van der Waals surface area contributed by atoms with Crippen LogP contribution in [-0.4, -0.2) is 17.0 Å². The van der Waals surface area contributed by atoms with Gasteiger partial charge in [-0.25, -0.2) is 0 Å². The molecule has 0 aromatic carbocycles. The zero-order valence-corrected chi connectivity index (χ0v) is 12.9. The summed E-state index contributed by atoms with van der Waals surface area (Å²) in [5.74, 6) is 3.41. The van der Waals surface area contributed by atoms with Crippen LogP contribution in [-0.2, 0) is 4.79 Å². The molecule has 4 fully saturated rings. The Morgan fingerprint density at radius 3 is 2.55 bits per heavy atom. The maximum absolute atomic E-state index is 12.0. The third-order valence-electron chi connectivity index (χ3n) is 8.07. The van der Waals surface area contributed by atoms with Crippen molar-refractivity contribution in [1.82, 2.24) is 0 Å². The van der Waals surface area contributed by atoms with E-state index in [2.05, 4.69) is 13.8 Å². The highest BCUT2D eigenvalue weighted by Gasteiger charge is 2.61. The van der Waals surface area contributed by atoms with E-state index in [0.29, 0.717) is 17.6 Å². The lowest BCUT2D eigenvalue weighted by atomic mass is 9.48. The summed E-state index contributed by atoms with van der Waals surface area (Å²) in [6.07, 6.45) is 8.82. The van der Waals surface area contributed by atoms with Gasteiger partial charge in [-0.05, 0) is 73.0 Å². The predicted molar refractivity (Wildman–Crippen MR) is 78.1 cm³/mol. The molecule has 2 heteroatoms. The zero-order valence-electron chi connectivity index (χ0n) is 12.9. The smallest absolute Gasteiger partial charge is 0.133 e. The highest BCUT2D eigenvalue weighted by atomic mass is 16.3. The van der Waals surface area contributed by atoms with E-state index in [1.165, 1.54) is 32.1 Å². The van der Waals surface area contributed by atoms with Gasteiger partial charge in [-0.2, -0.15) is 0 Å². The van der Waals surface area contributed by atoms with Gasteiger partial charge in [-0.1, -0.05) is 13.8 Å². The topological polar surface area (TPSA) is 37.3 Å². The lowest BCUT2D eigenvalue weighted by Crippen LogP contribution is -2.51.